The number of ketones is 2. The molecule has 1 N–H and O–H groups in total. The minimum absolute atomic E-state index is 0.172. The molecule has 0 bridgehead atoms. The number of ether oxygens (including phenoxy) is 1. The Morgan fingerprint density at radius 2 is 1.45 bits per heavy atom. The SMILES string of the molecule is CN(CCOc1ccccc1)CC(=O)Nc1ccc2c(c1)C(=O)c1ccccc1C2=O. The smallest absolute Gasteiger partial charge is 0.238 e. The van der Waals surface area contributed by atoms with Crippen molar-refractivity contribution in [1.29, 1.82) is 0 Å². The van der Waals surface area contributed by atoms with E-state index < -0.39 is 0 Å². The Balaban J connectivity index is 1.36. The van der Waals surface area contributed by atoms with Crippen LogP contribution in [-0.4, -0.2) is 49.1 Å². The number of para-hydroxylation sites is 1. The van der Waals surface area contributed by atoms with E-state index in [1.54, 1.807) is 42.5 Å². The number of hydrogen-bond acceptors (Lipinski definition) is 5. The van der Waals surface area contributed by atoms with E-state index in [4.69, 9.17) is 4.74 Å². The molecule has 0 unspecified atom stereocenters. The van der Waals surface area contributed by atoms with E-state index in [1.165, 1.54) is 0 Å². The lowest BCUT2D eigenvalue weighted by molar-refractivity contribution is -0.117. The summed E-state index contributed by atoms with van der Waals surface area (Å²) in [5.41, 5.74) is 1.96. The number of anilines is 1. The molecule has 0 saturated carbocycles. The standard InChI is InChI=1S/C25H22N2O4/c1-27(13-14-31-18-7-3-2-4-8-18)16-23(28)26-17-11-12-21-22(15-17)25(30)20-10-6-5-9-19(20)24(21)29/h2-12,15H,13-14,16H2,1H3,(H,26,28). The van der Waals surface area contributed by atoms with Crippen LogP contribution in [0.15, 0.2) is 72.8 Å². The Kier molecular flexibility index (Phi) is 5.91. The summed E-state index contributed by atoms with van der Waals surface area (Å²) in [4.78, 5) is 39.8. The van der Waals surface area contributed by atoms with Crippen LogP contribution in [0.5, 0.6) is 5.75 Å². The van der Waals surface area contributed by atoms with E-state index >= 15 is 0 Å². The summed E-state index contributed by atoms with van der Waals surface area (Å²) in [6.07, 6.45) is 0. The van der Waals surface area contributed by atoms with E-state index in [0.717, 1.165) is 5.75 Å². The zero-order chi connectivity index (χ0) is 21.8. The highest BCUT2D eigenvalue weighted by atomic mass is 16.5. The van der Waals surface area contributed by atoms with Crippen LogP contribution in [0.4, 0.5) is 5.69 Å². The van der Waals surface area contributed by atoms with Crippen LogP contribution in [0.2, 0.25) is 0 Å². The van der Waals surface area contributed by atoms with Crippen LogP contribution >= 0.6 is 0 Å². The average Bonchev–Trinajstić information content (AvgIpc) is 2.78. The van der Waals surface area contributed by atoms with Gasteiger partial charge in [-0.3, -0.25) is 19.3 Å². The van der Waals surface area contributed by atoms with Gasteiger partial charge in [-0.25, -0.2) is 0 Å². The van der Waals surface area contributed by atoms with Crippen molar-refractivity contribution in [2.45, 2.75) is 0 Å². The van der Waals surface area contributed by atoms with Crippen molar-refractivity contribution in [3.63, 3.8) is 0 Å². The molecular weight excluding hydrogens is 392 g/mol. The molecule has 156 valence electrons. The Morgan fingerprint density at radius 1 is 0.839 bits per heavy atom. The predicted octanol–water partition coefficient (Wildman–Crippen LogP) is 3.41. The molecule has 4 rings (SSSR count). The van der Waals surface area contributed by atoms with Crippen LogP contribution in [-0.2, 0) is 4.79 Å². The van der Waals surface area contributed by atoms with Crippen LogP contribution in [0.25, 0.3) is 0 Å². The fourth-order valence-corrected chi connectivity index (χ4v) is 3.54. The molecule has 0 heterocycles. The minimum atomic E-state index is -0.212. The molecule has 1 aliphatic carbocycles. The molecule has 0 aromatic heterocycles. The fraction of sp³-hybridized carbons (Fsp3) is 0.160. The summed E-state index contributed by atoms with van der Waals surface area (Å²) in [5, 5.41) is 2.81. The van der Waals surface area contributed by atoms with Crippen LogP contribution < -0.4 is 10.1 Å². The number of benzene rings is 3. The van der Waals surface area contributed by atoms with Gasteiger partial charge in [-0.2, -0.15) is 0 Å². The number of nitrogens with one attached hydrogen (secondary N) is 1. The van der Waals surface area contributed by atoms with Gasteiger partial charge < -0.3 is 10.1 Å². The van der Waals surface area contributed by atoms with Crippen molar-refractivity contribution < 1.29 is 19.1 Å². The molecule has 3 aromatic carbocycles. The lowest BCUT2D eigenvalue weighted by Crippen LogP contribution is -2.33. The zero-order valence-corrected chi connectivity index (χ0v) is 17.1. The third-order valence-corrected chi connectivity index (χ3v) is 5.11. The molecule has 1 amide bonds. The Labute approximate surface area is 180 Å². The lowest BCUT2D eigenvalue weighted by Gasteiger charge is -2.19. The van der Waals surface area contributed by atoms with E-state index in [9.17, 15) is 14.4 Å². The van der Waals surface area contributed by atoms with Gasteiger partial charge in [0.25, 0.3) is 0 Å². The number of likely N-dealkylation sites (N-methyl/N-ethyl adjacent to an activating group) is 1. The summed E-state index contributed by atoms with van der Waals surface area (Å²) in [7, 11) is 1.83. The first kappa shape index (κ1) is 20.5. The van der Waals surface area contributed by atoms with Crippen molar-refractivity contribution in [1.82, 2.24) is 4.90 Å². The Morgan fingerprint density at radius 3 is 2.16 bits per heavy atom. The number of carbonyl (C=O) groups is 3. The van der Waals surface area contributed by atoms with Crippen LogP contribution in [0.1, 0.15) is 31.8 Å². The van der Waals surface area contributed by atoms with Gasteiger partial charge >= 0.3 is 0 Å². The second-order valence-electron chi connectivity index (χ2n) is 7.41. The maximum atomic E-state index is 12.8. The Bertz CT molecular complexity index is 1140. The highest BCUT2D eigenvalue weighted by Crippen LogP contribution is 2.29. The normalized spacial score (nSPS) is 12.3. The monoisotopic (exact) mass is 414 g/mol. The third kappa shape index (κ3) is 4.54. The van der Waals surface area contributed by atoms with Crippen molar-refractivity contribution >= 4 is 23.2 Å². The first-order chi connectivity index (χ1) is 15.0. The molecule has 31 heavy (non-hydrogen) atoms. The maximum Gasteiger partial charge on any atom is 0.238 e. The number of carbonyl (C=O) groups excluding carboxylic acids is 3. The predicted molar refractivity (Wildman–Crippen MR) is 118 cm³/mol. The summed E-state index contributed by atoms with van der Waals surface area (Å²) in [6, 6.07) is 21.1. The van der Waals surface area contributed by atoms with Gasteiger partial charge in [0, 0.05) is 34.5 Å². The maximum absolute atomic E-state index is 12.8. The molecule has 6 nitrogen and oxygen atoms in total. The van der Waals surface area contributed by atoms with Gasteiger partial charge in [0.2, 0.25) is 5.91 Å². The molecule has 6 heteroatoms. The molecule has 1 aliphatic rings. The van der Waals surface area contributed by atoms with Crippen molar-refractivity contribution in [3.05, 3.63) is 95.1 Å². The van der Waals surface area contributed by atoms with E-state index in [0.29, 0.717) is 41.1 Å². The third-order valence-electron chi connectivity index (χ3n) is 5.11. The second-order valence-corrected chi connectivity index (χ2v) is 7.41. The van der Waals surface area contributed by atoms with Gasteiger partial charge in [0.05, 0.1) is 6.54 Å². The van der Waals surface area contributed by atoms with Crippen LogP contribution in [0.3, 0.4) is 0 Å². The average molecular weight is 414 g/mol. The van der Waals surface area contributed by atoms with E-state index in [1.807, 2.05) is 42.3 Å². The molecule has 0 fully saturated rings. The summed E-state index contributed by atoms with van der Waals surface area (Å²) in [6.45, 7) is 1.21. The number of fused-ring (bicyclic) bond motifs is 2. The molecule has 0 saturated heterocycles. The number of nitrogens with zero attached hydrogens (tertiary/aromatic N) is 1. The quantitative estimate of drug-likeness (QED) is 0.502. The van der Waals surface area contributed by atoms with E-state index in [-0.39, 0.29) is 24.0 Å². The number of rotatable bonds is 7. The van der Waals surface area contributed by atoms with Crippen molar-refractivity contribution in [3.8, 4) is 5.75 Å². The van der Waals surface area contributed by atoms with Crippen LogP contribution in [0, 0.1) is 0 Å². The molecule has 0 radical (unpaired) electrons. The summed E-state index contributed by atoms with van der Waals surface area (Å²) >= 11 is 0. The number of amides is 1. The molecule has 3 aromatic rings. The number of hydrogen-bond donors (Lipinski definition) is 1. The Hall–Kier alpha value is -3.77. The van der Waals surface area contributed by atoms with Crippen molar-refractivity contribution in [2.75, 3.05) is 32.1 Å². The topological polar surface area (TPSA) is 75.7 Å². The molecular formula is C25H22N2O4. The van der Waals surface area contributed by atoms with Gasteiger partial charge in [-0.15, -0.1) is 0 Å². The molecule has 0 spiro atoms. The molecule has 0 aliphatic heterocycles. The van der Waals surface area contributed by atoms with Gasteiger partial charge in [-0.1, -0.05) is 42.5 Å². The lowest BCUT2D eigenvalue weighted by atomic mass is 9.84. The highest BCUT2D eigenvalue weighted by molar-refractivity contribution is 6.28. The zero-order valence-electron chi connectivity index (χ0n) is 17.1. The first-order valence-corrected chi connectivity index (χ1v) is 10.0. The first-order valence-electron chi connectivity index (χ1n) is 10.0. The second kappa shape index (κ2) is 8.93. The largest absolute Gasteiger partial charge is 0.492 e. The van der Waals surface area contributed by atoms with Gasteiger partial charge in [0.1, 0.15) is 12.4 Å². The molecule has 0 atom stereocenters. The minimum Gasteiger partial charge on any atom is -0.492 e. The summed E-state index contributed by atoms with van der Waals surface area (Å²) in [5.74, 6) is 0.185. The summed E-state index contributed by atoms with van der Waals surface area (Å²) < 4.78 is 5.65. The fourth-order valence-electron chi connectivity index (χ4n) is 3.54. The van der Waals surface area contributed by atoms with Gasteiger partial charge in [0.15, 0.2) is 11.6 Å². The van der Waals surface area contributed by atoms with Gasteiger partial charge in [-0.05, 0) is 37.4 Å². The van der Waals surface area contributed by atoms with E-state index in [2.05, 4.69) is 5.32 Å². The highest BCUT2D eigenvalue weighted by Gasteiger charge is 2.29. The van der Waals surface area contributed by atoms with Crippen molar-refractivity contribution in [2.24, 2.45) is 0 Å².